The third kappa shape index (κ3) is 3.45. The Balaban J connectivity index is 2.81. The number of nitrogens with one attached hydrogen (secondary N) is 1. The number of rotatable bonds is 5. The quantitative estimate of drug-likeness (QED) is 0.792. The first-order valence-electron chi connectivity index (χ1n) is 7.56. The fraction of sp³-hybridized carbons (Fsp3) is 1.00. The molecule has 3 unspecified atom stereocenters. The smallest absolute Gasteiger partial charge is 0.0331 e. The maximum Gasteiger partial charge on any atom is 0.0331 e. The summed E-state index contributed by atoms with van der Waals surface area (Å²) in [5.41, 5.74) is 0.305. The van der Waals surface area contributed by atoms with Crippen molar-refractivity contribution in [3.8, 4) is 0 Å². The van der Waals surface area contributed by atoms with E-state index in [2.05, 4.69) is 44.8 Å². The van der Waals surface area contributed by atoms with Gasteiger partial charge in [-0.25, -0.2) is 0 Å². The van der Waals surface area contributed by atoms with Crippen molar-refractivity contribution in [2.24, 2.45) is 0 Å². The van der Waals surface area contributed by atoms with Gasteiger partial charge < -0.3 is 5.32 Å². The van der Waals surface area contributed by atoms with E-state index in [9.17, 15) is 0 Å². The Bertz CT molecular complexity index is 217. The molecule has 2 nitrogen and oxygen atoms in total. The molecule has 0 aliphatic carbocycles. The van der Waals surface area contributed by atoms with Crippen LogP contribution in [0.5, 0.6) is 0 Å². The molecule has 0 radical (unpaired) electrons. The summed E-state index contributed by atoms with van der Waals surface area (Å²) in [5, 5.41) is 3.63. The Hall–Kier alpha value is -0.0800. The molecule has 2 heteroatoms. The zero-order chi connectivity index (χ0) is 12.9. The summed E-state index contributed by atoms with van der Waals surface area (Å²) in [4.78, 5) is 2.77. The Morgan fingerprint density at radius 3 is 2.59 bits per heavy atom. The van der Waals surface area contributed by atoms with E-state index in [1.807, 2.05) is 0 Å². The van der Waals surface area contributed by atoms with E-state index in [0.29, 0.717) is 11.6 Å². The molecule has 0 spiro atoms. The summed E-state index contributed by atoms with van der Waals surface area (Å²) in [6.07, 6.45) is 6.79. The molecule has 0 bridgehead atoms. The van der Waals surface area contributed by atoms with Crippen LogP contribution < -0.4 is 5.32 Å². The molecule has 0 amide bonds. The highest BCUT2D eigenvalue weighted by Gasteiger charge is 2.37. The van der Waals surface area contributed by atoms with Crippen molar-refractivity contribution in [1.82, 2.24) is 10.2 Å². The minimum absolute atomic E-state index is 0.305. The van der Waals surface area contributed by atoms with Gasteiger partial charge in [0, 0.05) is 17.6 Å². The van der Waals surface area contributed by atoms with Crippen molar-refractivity contribution < 1.29 is 0 Å². The van der Waals surface area contributed by atoms with Gasteiger partial charge in [0.1, 0.15) is 0 Å². The Morgan fingerprint density at radius 2 is 2.00 bits per heavy atom. The van der Waals surface area contributed by atoms with Crippen molar-refractivity contribution >= 4 is 0 Å². The molecule has 0 aromatic rings. The van der Waals surface area contributed by atoms with Crippen molar-refractivity contribution in [2.75, 3.05) is 13.1 Å². The van der Waals surface area contributed by atoms with E-state index >= 15 is 0 Å². The molecular formula is C15H32N2. The fourth-order valence-electron chi connectivity index (χ4n) is 3.32. The highest BCUT2D eigenvalue weighted by atomic mass is 15.2. The molecule has 17 heavy (non-hydrogen) atoms. The number of nitrogens with zero attached hydrogens (tertiary/aromatic N) is 1. The van der Waals surface area contributed by atoms with E-state index < -0.39 is 0 Å². The maximum absolute atomic E-state index is 3.63. The predicted octanol–water partition coefficient (Wildman–Crippen LogP) is 3.42. The van der Waals surface area contributed by atoms with Crippen LogP contribution in [0.25, 0.3) is 0 Å². The number of likely N-dealkylation sites (N-methyl/N-ethyl adjacent to an activating group) is 1. The van der Waals surface area contributed by atoms with Crippen LogP contribution in [0.4, 0.5) is 0 Å². The molecule has 0 aromatic heterocycles. The summed E-state index contributed by atoms with van der Waals surface area (Å²) in [7, 11) is 0. The Kier molecular flexibility index (Phi) is 5.94. The first-order chi connectivity index (χ1) is 8.06. The minimum atomic E-state index is 0.305. The number of hydrogen-bond acceptors (Lipinski definition) is 2. The lowest BCUT2D eigenvalue weighted by molar-refractivity contribution is 0.0347. The summed E-state index contributed by atoms with van der Waals surface area (Å²) < 4.78 is 0. The van der Waals surface area contributed by atoms with Gasteiger partial charge in [0.15, 0.2) is 0 Å². The van der Waals surface area contributed by atoms with E-state index in [1.54, 1.807) is 0 Å². The SMILES string of the molecule is CCNC(C)C(C)(CC)N1CCCCCC1C. The van der Waals surface area contributed by atoms with Gasteiger partial charge in [0.05, 0.1) is 0 Å². The largest absolute Gasteiger partial charge is 0.313 e. The van der Waals surface area contributed by atoms with E-state index in [1.165, 1.54) is 38.6 Å². The average molecular weight is 240 g/mol. The topological polar surface area (TPSA) is 15.3 Å². The van der Waals surface area contributed by atoms with Crippen LogP contribution in [0, 0.1) is 0 Å². The highest BCUT2D eigenvalue weighted by molar-refractivity contribution is 4.96. The molecule has 1 aliphatic heterocycles. The molecular weight excluding hydrogens is 208 g/mol. The molecule has 0 saturated carbocycles. The average Bonchev–Trinajstić information content (AvgIpc) is 2.53. The van der Waals surface area contributed by atoms with Gasteiger partial charge in [0.2, 0.25) is 0 Å². The molecule has 1 aliphatic rings. The number of likely N-dealkylation sites (tertiary alicyclic amines) is 1. The Labute approximate surface area is 108 Å². The predicted molar refractivity (Wildman–Crippen MR) is 76.5 cm³/mol. The van der Waals surface area contributed by atoms with Crippen molar-refractivity contribution in [3.05, 3.63) is 0 Å². The van der Waals surface area contributed by atoms with Gasteiger partial charge in [-0.3, -0.25) is 4.90 Å². The molecule has 102 valence electrons. The first-order valence-corrected chi connectivity index (χ1v) is 7.56. The normalized spacial score (nSPS) is 28.4. The summed E-state index contributed by atoms with van der Waals surface area (Å²) in [6, 6.07) is 1.31. The lowest BCUT2D eigenvalue weighted by Crippen LogP contribution is -2.60. The van der Waals surface area contributed by atoms with Gasteiger partial charge in [-0.1, -0.05) is 26.7 Å². The van der Waals surface area contributed by atoms with Crippen LogP contribution >= 0.6 is 0 Å². The zero-order valence-corrected chi connectivity index (χ0v) is 12.6. The molecule has 1 saturated heterocycles. The highest BCUT2D eigenvalue weighted by Crippen LogP contribution is 2.30. The van der Waals surface area contributed by atoms with Crippen molar-refractivity contribution in [1.29, 1.82) is 0 Å². The van der Waals surface area contributed by atoms with Crippen LogP contribution in [0.2, 0.25) is 0 Å². The van der Waals surface area contributed by atoms with Crippen molar-refractivity contribution in [3.63, 3.8) is 0 Å². The fourth-order valence-corrected chi connectivity index (χ4v) is 3.32. The third-order valence-corrected chi connectivity index (χ3v) is 4.87. The van der Waals surface area contributed by atoms with Gasteiger partial charge in [0.25, 0.3) is 0 Å². The second kappa shape index (κ2) is 6.75. The lowest BCUT2D eigenvalue weighted by atomic mass is 9.86. The van der Waals surface area contributed by atoms with E-state index in [-0.39, 0.29) is 0 Å². The second-order valence-electron chi connectivity index (χ2n) is 5.88. The van der Waals surface area contributed by atoms with Crippen LogP contribution in [0.15, 0.2) is 0 Å². The second-order valence-corrected chi connectivity index (χ2v) is 5.88. The molecule has 1 fully saturated rings. The van der Waals surface area contributed by atoms with Crippen LogP contribution in [0.3, 0.4) is 0 Å². The minimum Gasteiger partial charge on any atom is -0.313 e. The summed E-state index contributed by atoms with van der Waals surface area (Å²) >= 11 is 0. The molecule has 0 aromatic carbocycles. The van der Waals surface area contributed by atoms with Crippen LogP contribution in [-0.4, -0.2) is 35.6 Å². The summed E-state index contributed by atoms with van der Waals surface area (Å²) in [5.74, 6) is 0. The van der Waals surface area contributed by atoms with Gasteiger partial charge >= 0.3 is 0 Å². The van der Waals surface area contributed by atoms with Gasteiger partial charge in [-0.2, -0.15) is 0 Å². The van der Waals surface area contributed by atoms with Crippen LogP contribution in [0.1, 0.15) is 66.7 Å². The number of hydrogen-bond donors (Lipinski definition) is 1. The molecule has 1 heterocycles. The molecule has 1 N–H and O–H groups in total. The maximum atomic E-state index is 3.63. The molecule has 3 atom stereocenters. The van der Waals surface area contributed by atoms with E-state index in [0.717, 1.165) is 12.6 Å². The van der Waals surface area contributed by atoms with Gasteiger partial charge in [-0.15, -0.1) is 0 Å². The molecule has 1 rings (SSSR count). The van der Waals surface area contributed by atoms with E-state index in [4.69, 9.17) is 0 Å². The third-order valence-electron chi connectivity index (χ3n) is 4.87. The lowest BCUT2D eigenvalue weighted by Gasteiger charge is -2.48. The zero-order valence-electron chi connectivity index (χ0n) is 12.6. The first kappa shape index (κ1) is 15.0. The van der Waals surface area contributed by atoms with Crippen molar-refractivity contribution in [2.45, 2.75) is 84.3 Å². The summed E-state index contributed by atoms with van der Waals surface area (Å²) in [6.45, 7) is 14.1. The van der Waals surface area contributed by atoms with Gasteiger partial charge in [-0.05, 0) is 53.1 Å². The monoisotopic (exact) mass is 240 g/mol. The van der Waals surface area contributed by atoms with Crippen LogP contribution in [-0.2, 0) is 0 Å². The Morgan fingerprint density at radius 1 is 1.29 bits per heavy atom. The standard InChI is InChI=1S/C15H32N2/c1-6-15(5,14(4)16-7-2)17-12-10-8-9-11-13(17)3/h13-14,16H,6-12H2,1-5H3.